The molecule has 0 saturated heterocycles. The van der Waals surface area contributed by atoms with Crippen molar-refractivity contribution in [1.29, 1.82) is 0 Å². The van der Waals surface area contributed by atoms with Crippen LogP contribution in [0.25, 0.3) is 0 Å². The number of aromatic nitrogens is 1. The average molecular weight is 324 g/mol. The highest BCUT2D eigenvalue weighted by Crippen LogP contribution is 2.29. The second kappa shape index (κ2) is 6.51. The molecule has 1 N–H and O–H groups in total. The average Bonchev–Trinajstić information content (AvgIpc) is 3.35. The minimum absolute atomic E-state index is 0.0970. The predicted octanol–water partition coefficient (Wildman–Crippen LogP) is 2.49. The Morgan fingerprint density at radius 2 is 2.12 bits per heavy atom. The molecule has 5 heteroatoms. The zero-order chi connectivity index (χ0) is 16.4. The molecule has 2 heterocycles. The van der Waals surface area contributed by atoms with Crippen molar-refractivity contribution in [3.8, 4) is 11.6 Å². The number of hydrogen-bond acceptors (Lipinski definition) is 4. The van der Waals surface area contributed by atoms with E-state index in [0.717, 1.165) is 23.5 Å². The highest BCUT2D eigenvalue weighted by molar-refractivity contribution is 5.82. The molecule has 1 aliphatic heterocycles. The molecule has 1 aromatic heterocycles. The van der Waals surface area contributed by atoms with Gasteiger partial charge in [-0.1, -0.05) is 24.3 Å². The van der Waals surface area contributed by atoms with Crippen molar-refractivity contribution in [2.45, 2.75) is 31.9 Å². The number of nitrogens with one attached hydrogen (secondary N) is 1. The Balaban J connectivity index is 1.26. The summed E-state index contributed by atoms with van der Waals surface area (Å²) in [6.07, 6.45) is 4.44. The van der Waals surface area contributed by atoms with E-state index in [1.807, 2.05) is 36.4 Å². The zero-order valence-corrected chi connectivity index (χ0v) is 13.4. The molecule has 2 aliphatic rings. The first-order valence-corrected chi connectivity index (χ1v) is 8.38. The summed E-state index contributed by atoms with van der Waals surface area (Å²) in [5.74, 6) is 2.06. The van der Waals surface area contributed by atoms with Crippen LogP contribution < -0.4 is 14.8 Å². The molecule has 24 heavy (non-hydrogen) atoms. The number of ether oxygens (including phenoxy) is 2. The largest absolute Gasteiger partial charge is 0.480 e. The molecule has 5 nitrogen and oxygen atoms in total. The Bertz CT molecular complexity index is 701. The summed E-state index contributed by atoms with van der Waals surface area (Å²) in [6.45, 7) is 1.19. The van der Waals surface area contributed by atoms with Crippen molar-refractivity contribution in [1.82, 2.24) is 10.3 Å². The standard InChI is InChI=1S/C19H20N2O3/c22-19(17-9-15-3-1-2-4-16(15)24-17)21-11-14-7-8-18(20-10-14)23-12-13-5-6-13/h1-4,7-8,10,13,17H,5-6,9,11-12H2,(H,21,22)/t17-/m1/s1. The summed E-state index contributed by atoms with van der Waals surface area (Å²) < 4.78 is 11.3. The zero-order valence-electron chi connectivity index (χ0n) is 13.4. The van der Waals surface area contributed by atoms with Crippen LogP contribution >= 0.6 is 0 Å². The smallest absolute Gasteiger partial charge is 0.261 e. The van der Waals surface area contributed by atoms with E-state index < -0.39 is 6.10 Å². The number of hydrogen-bond donors (Lipinski definition) is 1. The van der Waals surface area contributed by atoms with Crippen LogP contribution in [0.3, 0.4) is 0 Å². The van der Waals surface area contributed by atoms with Crippen molar-refractivity contribution < 1.29 is 14.3 Å². The molecule has 1 aromatic carbocycles. The van der Waals surface area contributed by atoms with Gasteiger partial charge in [-0.15, -0.1) is 0 Å². The second-order valence-corrected chi connectivity index (χ2v) is 6.40. The van der Waals surface area contributed by atoms with Gasteiger partial charge in [-0.25, -0.2) is 4.98 Å². The van der Waals surface area contributed by atoms with Crippen LogP contribution in [0, 0.1) is 5.92 Å². The van der Waals surface area contributed by atoms with Gasteiger partial charge in [-0.05, 0) is 36.0 Å². The summed E-state index contributed by atoms with van der Waals surface area (Å²) in [6, 6.07) is 11.5. The van der Waals surface area contributed by atoms with Crippen molar-refractivity contribution >= 4 is 5.91 Å². The fraction of sp³-hybridized carbons (Fsp3) is 0.368. The predicted molar refractivity (Wildman–Crippen MR) is 88.9 cm³/mol. The van der Waals surface area contributed by atoms with Gasteiger partial charge in [-0.2, -0.15) is 0 Å². The quantitative estimate of drug-likeness (QED) is 0.887. The van der Waals surface area contributed by atoms with Gasteiger partial charge in [0.1, 0.15) is 5.75 Å². The maximum atomic E-state index is 12.3. The number of carbonyl (C=O) groups excluding carboxylic acids is 1. The number of carbonyl (C=O) groups is 1. The number of para-hydroxylation sites is 1. The summed E-state index contributed by atoms with van der Waals surface area (Å²) >= 11 is 0. The molecule has 124 valence electrons. The molecule has 1 fully saturated rings. The van der Waals surface area contributed by atoms with Gasteiger partial charge in [-0.3, -0.25) is 4.79 Å². The van der Waals surface area contributed by atoms with Crippen molar-refractivity contribution in [3.05, 3.63) is 53.7 Å². The molecule has 0 unspecified atom stereocenters. The van der Waals surface area contributed by atoms with Gasteiger partial charge < -0.3 is 14.8 Å². The van der Waals surface area contributed by atoms with Gasteiger partial charge in [0.15, 0.2) is 6.10 Å². The van der Waals surface area contributed by atoms with E-state index in [-0.39, 0.29) is 5.91 Å². The molecule has 0 bridgehead atoms. The van der Waals surface area contributed by atoms with E-state index in [2.05, 4.69) is 10.3 Å². The van der Waals surface area contributed by atoms with Crippen LogP contribution in [0.4, 0.5) is 0 Å². The molecule has 1 saturated carbocycles. The van der Waals surface area contributed by atoms with Gasteiger partial charge in [0.2, 0.25) is 5.88 Å². The van der Waals surface area contributed by atoms with Gasteiger partial charge >= 0.3 is 0 Å². The molecule has 0 spiro atoms. The Morgan fingerprint density at radius 3 is 2.88 bits per heavy atom. The Hall–Kier alpha value is -2.56. The van der Waals surface area contributed by atoms with Crippen molar-refractivity contribution in [3.63, 3.8) is 0 Å². The monoisotopic (exact) mass is 324 g/mol. The van der Waals surface area contributed by atoms with Gasteiger partial charge in [0.05, 0.1) is 6.61 Å². The van der Waals surface area contributed by atoms with E-state index in [9.17, 15) is 4.79 Å². The van der Waals surface area contributed by atoms with Crippen LogP contribution in [0.15, 0.2) is 42.6 Å². The molecular weight excluding hydrogens is 304 g/mol. The highest BCUT2D eigenvalue weighted by atomic mass is 16.5. The lowest BCUT2D eigenvalue weighted by molar-refractivity contribution is -0.127. The Kier molecular flexibility index (Phi) is 4.07. The van der Waals surface area contributed by atoms with E-state index in [1.165, 1.54) is 12.8 Å². The maximum absolute atomic E-state index is 12.3. The van der Waals surface area contributed by atoms with Crippen LogP contribution in [-0.2, 0) is 17.8 Å². The molecule has 4 rings (SSSR count). The maximum Gasteiger partial charge on any atom is 0.261 e. The number of benzene rings is 1. The first-order chi connectivity index (χ1) is 11.8. The first kappa shape index (κ1) is 15.0. The Morgan fingerprint density at radius 1 is 1.25 bits per heavy atom. The topological polar surface area (TPSA) is 60.5 Å². The third-order valence-corrected chi connectivity index (χ3v) is 4.37. The number of rotatable bonds is 6. The SMILES string of the molecule is O=C(NCc1ccc(OCC2CC2)nc1)[C@H]1Cc2ccccc2O1. The lowest BCUT2D eigenvalue weighted by Gasteiger charge is -2.11. The van der Waals surface area contributed by atoms with Gasteiger partial charge in [0.25, 0.3) is 5.91 Å². The number of nitrogens with zero attached hydrogens (tertiary/aromatic N) is 1. The molecule has 1 amide bonds. The Labute approximate surface area is 141 Å². The van der Waals surface area contributed by atoms with Crippen LogP contribution in [0.5, 0.6) is 11.6 Å². The highest BCUT2D eigenvalue weighted by Gasteiger charge is 2.28. The fourth-order valence-electron chi connectivity index (χ4n) is 2.72. The summed E-state index contributed by atoms with van der Waals surface area (Å²) in [5.41, 5.74) is 2.02. The van der Waals surface area contributed by atoms with Crippen LogP contribution in [0.2, 0.25) is 0 Å². The normalized spacial score (nSPS) is 18.6. The van der Waals surface area contributed by atoms with Gasteiger partial charge in [0, 0.05) is 25.2 Å². The molecule has 1 atom stereocenters. The lowest BCUT2D eigenvalue weighted by atomic mass is 10.1. The second-order valence-electron chi connectivity index (χ2n) is 6.40. The number of amides is 1. The summed E-state index contributed by atoms with van der Waals surface area (Å²) in [4.78, 5) is 16.5. The third-order valence-electron chi connectivity index (χ3n) is 4.37. The minimum atomic E-state index is -0.448. The number of fused-ring (bicyclic) bond motifs is 1. The van der Waals surface area contributed by atoms with Crippen LogP contribution in [0.1, 0.15) is 24.0 Å². The summed E-state index contributed by atoms with van der Waals surface area (Å²) in [7, 11) is 0. The third kappa shape index (κ3) is 3.50. The van der Waals surface area contributed by atoms with Crippen molar-refractivity contribution in [2.24, 2.45) is 5.92 Å². The van der Waals surface area contributed by atoms with E-state index in [4.69, 9.17) is 9.47 Å². The fourth-order valence-corrected chi connectivity index (χ4v) is 2.72. The summed E-state index contributed by atoms with van der Waals surface area (Å²) in [5, 5.41) is 2.91. The van der Waals surface area contributed by atoms with E-state index in [1.54, 1.807) is 6.20 Å². The lowest BCUT2D eigenvalue weighted by Crippen LogP contribution is -2.37. The van der Waals surface area contributed by atoms with Crippen LogP contribution in [-0.4, -0.2) is 23.6 Å². The van der Waals surface area contributed by atoms with E-state index >= 15 is 0 Å². The van der Waals surface area contributed by atoms with E-state index in [0.29, 0.717) is 24.8 Å². The molecular formula is C19H20N2O3. The first-order valence-electron chi connectivity index (χ1n) is 8.38. The minimum Gasteiger partial charge on any atom is -0.480 e. The van der Waals surface area contributed by atoms with Crippen molar-refractivity contribution in [2.75, 3.05) is 6.61 Å². The molecule has 1 aliphatic carbocycles. The number of pyridine rings is 1. The molecule has 2 aromatic rings. The molecule has 0 radical (unpaired) electrons.